The summed E-state index contributed by atoms with van der Waals surface area (Å²) >= 11 is 5.20. The molecule has 1 aromatic rings. The molecule has 2 N–H and O–H groups in total. The topological polar surface area (TPSA) is 46.2 Å². The van der Waals surface area contributed by atoms with Crippen molar-refractivity contribution in [1.82, 2.24) is 10.3 Å². The summed E-state index contributed by atoms with van der Waals surface area (Å²) in [5, 5.41) is 6.80. The Labute approximate surface area is 107 Å². The Morgan fingerprint density at radius 3 is 3.24 bits per heavy atom. The van der Waals surface area contributed by atoms with E-state index in [9.17, 15) is 0 Å². The molecule has 0 radical (unpaired) electrons. The van der Waals surface area contributed by atoms with E-state index < -0.39 is 0 Å². The van der Waals surface area contributed by atoms with Crippen LogP contribution in [0.2, 0.25) is 0 Å². The minimum absolute atomic E-state index is 0.292. The number of anilines is 1. The average molecular weight is 251 g/mol. The lowest BCUT2D eigenvalue weighted by molar-refractivity contribution is 0.114. The normalized spacial score (nSPS) is 19.0. The number of hydrogen-bond donors (Lipinski definition) is 2. The Morgan fingerprint density at radius 2 is 2.53 bits per heavy atom. The van der Waals surface area contributed by atoms with Crippen LogP contribution in [-0.4, -0.2) is 29.4 Å². The molecule has 1 saturated heterocycles. The molecule has 0 bridgehead atoms. The van der Waals surface area contributed by atoms with E-state index in [1.807, 2.05) is 19.1 Å². The Hall–Kier alpha value is -1.20. The second-order valence-corrected chi connectivity index (χ2v) is 4.60. The zero-order valence-electron chi connectivity index (χ0n) is 9.90. The van der Waals surface area contributed by atoms with Gasteiger partial charge in [-0.05, 0) is 49.7 Å². The average Bonchev–Trinajstić information content (AvgIpc) is 2.79. The molecule has 0 aliphatic carbocycles. The predicted octanol–water partition coefficient (Wildman–Crippen LogP) is 1.86. The van der Waals surface area contributed by atoms with Crippen LogP contribution in [-0.2, 0) is 4.74 Å². The molecular weight excluding hydrogens is 234 g/mol. The van der Waals surface area contributed by atoms with E-state index in [0.29, 0.717) is 11.2 Å². The van der Waals surface area contributed by atoms with Crippen LogP contribution in [0.25, 0.3) is 0 Å². The van der Waals surface area contributed by atoms with Crippen LogP contribution in [0.1, 0.15) is 18.4 Å². The molecule has 1 fully saturated rings. The Bertz CT molecular complexity index is 391. The molecule has 0 amide bonds. The molecule has 1 unspecified atom stereocenters. The highest BCUT2D eigenvalue weighted by Crippen LogP contribution is 2.10. The third-order valence-corrected chi connectivity index (χ3v) is 2.92. The highest BCUT2D eigenvalue weighted by Gasteiger charge is 2.15. The van der Waals surface area contributed by atoms with Crippen molar-refractivity contribution in [2.45, 2.75) is 25.9 Å². The number of thiocarbonyl (C=S) groups is 1. The van der Waals surface area contributed by atoms with Crippen LogP contribution < -0.4 is 10.6 Å². The summed E-state index contributed by atoms with van der Waals surface area (Å²) < 4.78 is 5.51. The van der Waals surface area contributed by atoms with Gasteiger partial charge in [-0.2, -0.15) is 0 Å². The first-order chi connectivity index (χ1) is 8.24. The zero-order chi connectivity index (χ0) is 12.1. The van der Waals surface area contributed by atoms with Gasteiger partial charge in [0.2, 0.25) is 0 Å². The minimum atomic E-state index is 0.292. The Kier molecular flexibility index (Phi) is 4.28. The van der Waals surface area contributed by atoms with Crippen LogP contribution in [0.3, 0.4) is 0 Å². The van der Waals surface area contributed by atoms with Crippen LogP contribution in [0, 0.1) is 6.92 Å². The lowest BCUT2D eigenvalue weighted by Crippen LogP contribution is -2.35. The van der Waals surface area contributed by atoms with Gasteiger partial charge in [0.05, 0.1) is 6.10 Å². The first-order valence-electron chi connectivity index (χ1n) is 5.83. The summed E-state index contributed by atoms with van der Waals surface area (Å²) in [6.07, 6.45) is 4.31. The maximum Gasteiger partial charge on any atom is 0.172 e. The van der Waals surface area contributed by atoms with Gasteiger partial charge in [0, 0.05) is 19.3 Å². The van der Waals surface area contributed by atoms with Crippen molar-refractivity contribution in [3.8, 4) is 0 Å². The molecule has 0 spiro atoms. The van der Waals surface area contributed by atoms with E-state index in [1.54, 1.807) is 6.20 Å². The molecular formula is C12H17N3OS. The molecule has 92 valence electrons. The van der Waals surface area contributed by atoms with E-state index in [-0.39, 0.29) is 0 Å². The molecule has 1 aromatic heterocycles. The van der Waals surface area contributed by atoms with Crippen LogP contribution >= 0.6 is 12.2 Å². The fourth-order valence-corrected chi connectivity index (χ4v) is 1.96. The van der Waals surface area contributed by atoms with E-state index >= 15 is 0 Å². The fourth-order valence-electron chi connectivity index (χ4n) is 1.78. The molecule has 17 heavy (non-hydrogen) atoms. The number of aryl methyl sites for hydroxylation is 1. The molecule has 0 aromatic carbocycles. The molecule has 0 saturated carbocycles. The molecule has 4 nitrogen and oxygen atoms in total. The maximum absolute atomic E-state index is 5.51. The number of rotatable bonds is 3. The van der Waals surface area contributed by atoms with Gasteiger partial charge in [-0.15, -0.1) is 0 Å². The van der Waals surface area contributed by atoms with Crippen molar-refractivity contribution in [2.75, 3.05) is 18.5 Å². The number of nitrogens with one attached hydrogen (secondary N) is 2. The minimum Gasteiger partial charge on any atom is -0.376 e. The highest BCUT2D eigenvalue weighted by molar-refractivity contribution is 7.80. The molecule has 5 heteroatoms. The third kappa shape index (κ3) is 3.94. The Balaban J connectivity index is 1.76. The van der Waals surface area contributed by atoms with Gasteiger partial charge in [0.1, 0.15) is 5.82 Å². The van der Waals surface area contributed by atoms with Crippen molar-refractivity contribution in [3.63, 3.8) is 0 Å². The highest BCUT2D eigenvalue weighted by atomic mass is 32.1. The maximum atomic E-state index is 5.51. The standard InChI is InChI=1S/C12H17N3OS/c1-9-4-5-13-11(7-9)15-12(17)14-8-10-3-2-6-16-10/h4-5,7,10H,2-3,6,8H2,1H3,(H2,13,14,15,17). The summed E-state index contributed by atoms with van der Waals surface area (Å²) in [5.41, 5.74) is 1.16. The monoisotopic (exact) mass is 251 g/mol. The first kappa shape index (κ1) is 12.3. The Morgan fingerprint density at radius 1 is 1.65 bits per heavy atom. The summed E-state index contributed by atoms with van der Waals surface area (Å²) in [6.45, 7) is 3.65. The third-order valence-electron chi connectivity index (χ3n) is 2.67. The van der Waals surface area contributed by atoms with Gasteiger partial charge in [-0.3, -0.25) is 0 Å². The molecule has 1 aliphatic heterocycles. The number of ether oxygens (including phenoxy) is 1. The van der Waals surface area contributed by atoms with Crippen molar-refractivity contribution in [1.29, 1.82) is 0 Å². The summed E-state index contributed by atoms with van der Waals surface area (Å²) in [4.78, 5) is 4.19. The van der Waals surface area contributed by atoms with E-state index in [4.69, 9.17) is 17.0 Å². The largest absolute Gasteiger partial charge is 0.376 e. The predicted molar refractivity (Wildman–Crippen MR) is 72.2 cm³/mol. The van der Waals surface area contributed by atoms with Crippen molar-refractivity contribution >= 4 is 23.1 Å². The van der Waals surface area contributed by atoms with Gasteiger partial charge in [-0.1, -0.05) is 0 Å². The summed E-state index contributed by atoms with van der Waals surface area (Å²) in [5.74, 6) is 0.773. The van der Waals surface area contributed by atoms with E-state index in [0.717, 1.165) is 37.4 Å². The second kappa shape index (κ2) is 5.93. The SMILES string of the molecule is Cc1ccnc(NC(=S)NCC2CCCO2)c1. The summed E-state index contributed by atoms with van der Waals surface area (Å²) in [7, 11) is 0. The van der Waals surface area contributed by atoms with Crippen molar-refractivity contribution in [2.24, 2.45) is 0 Å². The van der Waals surface area contributed by atoms with Gasteiger partial charge >= 0.3 is 0 Å². The lowest BCUT2D eigenvalue weighted by atomic mass is 10.2. The number of nitrogens with zero attached hydrogens (tertiary/aromatic N) is 1. The van der Waals surface area contributed by atoms with Crippen molar-refractivity contribution < 1.29 is 4.74 Å². The number of pyridine rings is 1. The van der Waals surface area contributed by atoms with Gasteiger partial charge in [-0.25, -0.2) is 4.98 Å². The van der Waals surface area contributed by atoms with E-state index in [1.165, 1.54) is 0 Å². The molecule has 1 atom stereocenters. The van der Waals surface area contributed by atoms with Crippen LogP contribution in [0.15, 0.2) is 18.3 Å². The molecule has 2 heterocycles. The lowest BCUT2D eigenvalue weighted by Gasteiger charge is -2.13. The van der Waals surface area contributed by atoms with Crippen LogP contribution in [0.5, 0.6) is 0 Å². The van der Waals surface area contributed by atoms with Gasteiger partial charge in [0.25, 0.3) is 0 Å². The van der Waals surface area contributed by atoms with Crippen LogP contribution in [0.4, 0.5) is 5.82 Å². The first-order valence-corrected chi connectivity index (χ1v) is 6.24. The van der Waals surface area contributed by atoms with Crippen molar-refractivity contribution in [3.05, 3.63) is 23.9 Å². The van der Waals surface area contributed by atoms with Gasteiger partial charge < -0.3 is 15.4 Å². The fraction of sp³-hybridized carbons (Fsp3) is 0.500. The second-order valence-electron chi connectivity index (χ2n) is 4.19. The number of hydrogen-bond acceptors (Lipinski definition) is 3. The van der Waals surface area contributed by atoms with E-state index in [2.05, 4.69) is 15.6 Å². The smallest absolute Gasteiger partial charge is 0.172 e. The summed E-state index contributed by atoms with van der Waals surface area (Å²) in [6, 6.07) is 3.91. The number of aromatic nitrogens is 1. The van der Waals surface area contributed by atoms with Gasteiger partial charge in [0.15, 0.2) is 5.11 Å². The molecule has 2 rings (SSSR count). The quantitative estimate of drug-likeness (QED) is 0.803. The molecule has 1 aliphatic rings. The zero-order valence-corrected chi connectivity index (χ0v) is 10.7.